The zero-order valence-corrected chi connectivity index (χ0v) is 10.8. The van der Waals surface area contributed by atoms with E-state index in [9.17, 15) is 4.79 Å². The molecule has 0 saturated heterocycles. The Morgan fingerprint density at radius 2 is 1.61 bits per heavy atom. The molecule has 1 aromatic heterocycles. The summed E-state index contributed by atoms with van der Waals surface area (Å²) in [6, 6.07) is 3.55. The van der Waals surface area contributed by atoms with Gasteiger partial charge < -0.3 is 19.2 Å². The average molecular weight is 249 g/mol. The van der Waals surface area contributed by atoms with E-state index >= 15 is 0 Å². The molecule has 0 saturated carbocycles. The van der Waals surface area contributed by atoms with E-state index in [0.29, 0.717) is 17.0 Å². The molecule has 0 aliphatic heterocycles. The summed E-state index contributed by atoms with van der Waals surface area (Å²) >= 11 is 0. The van der Waals surface area contributed by atoms with Crippen LogP contribution in [0.5, 0.6) is 17.2 Å². The van der Waals surface area contributed by atoms with E-state index in [-0.39, 0.29) is 11.3 Å². The molecule has 1 N–H and O–H groups in total. The standard InChI is InChI=1S/C13H15NO4/c1-7-10-8(16-2)5-6-9(17-3)11(10)14-13(15)12(7)18-4/h5-6H,1-4H3,(H,14,15). The monoisotopic (exact) mass is 249 g/mol. The number of rotatable bonds is 3. The highest BCUT2D eigenvalue weighted by Crippen LogP contribution is 2.35. The van der Waals surface area contributed by atoms with Gasteiger partial charge in [-0.3, -0.25) is 4.79 Å². The lowest BCUT2D eigenvalue weighted by molar-refractivity contribution is 0.400. The Morgan fingerprint density at radius 1 is 1.00 bits per heavy atom. The number of pyridine rings is 1. The zero-order valence-electron chi connectivity index (χ0n) is 10.8. The quantitative estimate of drug-likeness (QED) is 0.902. The number of fused-ring (bicyclic) bond motifs is 1. The lowest BCUT2D eigenvalue weighted by atomic mass is 10.1. The summed E-state index contributed by atoms with van der Waals surface area (Å²) in [5, 5.41) is 0.785. The Morgan fingerprint density at radius 3 is 2.17 bits per heavy atom. The molecular weight excluding hydrogens is 234 g/mol. The number of ether oxygens (including phenoxy) is 3. The van der Waals surface area contributed by atoms with Gasteiger partial charge in [0, 0.05) is 5.56 Å². The van der Waals surface area contributed by atoms with Crippen LogP contribution in [0.3, 0.4) is 0 Å². The largest absolute Gasteiger partial charge is 0.496 e. The Hall–Kier alpha value is -2.17. The first-order valence-electron chi connectivity index (χ1n) is 5.45. The van der Waals surface area contributed by atoms with Crippen LogP contribution in [0.4, 0.5) is 0 Å². The summed E-state index contributed by atoms with van der Waals surface area (Å²) in [4.78, 5) is 14.6. The molecule has 0 fully saturated rings. The number of methoxy groups -OCH3 is 3. The normalized spacial score (nSPS) is 10.4. The van der Waals surface area contributed by atoms with Gasteiger partial charge in [0.2, 0.25) is 0 Å². The molecule has 0 atom stereocenters. The average Bonchev–Trinajstić information content (AvgIpc) is 2.37. The Balaban J connectivity index is 2.98. The maximum absolute atomic E-state index is 11.9. The molecule has 5 nitrogen and oxygen atoms in total. The van der Waals surface area contributed by atoms with Gasteiger partial charge in [-0.15, -0.1) is 0 Å². The van der Waals surface area contributed by atoms with Crippen molar-refractivity contribution >= 4 is 10.9 Å². The van der Waals surface area contributed by atoms with Gasteiger partial charge >= 0.3 is 0 Å². The van der Waals surface area contributed by atoms with Gasteiger partial charge in [0.1, 0.15) is 11.5 Å². The smallest absolute Gasteiger partial charge is 0.291 e. The van der Waals surface area contributed by atoms with Gasteiger partial charge in [0.15, 0.2) is 5.75 Å². The molecule has 1 heterocycles. The van der Waals surface area contributed by atoms with Crippen LogP contribution in [0.2, 0.25) is 0 Å². The van der Waals surface area contributed by atoms with Gasteiger partial charge in [0.25, 0.3) is 5.56 Å². The van der Waals surface area contributed by atoms with E-state index in [0.717, 1.165) is 10.9 Å². The first-order valence-corrected chi connectivity index (χ1v) is 5.45. The van der Waals surface area contributed by atoms with Crippen LogP contribution < -0.4 is 19.8 Å². The maximum Gasteiger partial charge on any atom is 0.291 e. The number of hydrogen-bond donors (Lipinski definition) is 1. The van der Waals surface area contributed by atoms with Gasteiger partial charge in [-0.05, 0) is 19.1 Å². The number of nitrogens with one attached hydrogen (secondary N) is 1. The molecule has 1 aromatic carbocycles. The van der Waals surface area contributed by atoms with Crippen LogP contribution in [-0.2, 0) is 0 Å². The van der Waals surface area contributed by atoms with E-state index in [2.05, 4.69) is 4.98 Å². The summed E-state index contributed by atoms with van der Waals surface area (Å²) in [6.07, 6.45) is 0. The number of aromatic nitrogens is 1. The highest BCUT2D eigenvalue weighted by molar-refractivity contribution is 5.93. The summed E-state index contributed by atoms with van der Waals surface area (Å²) in [5.41, 5.74) is 1.06. The maximum atomic E-state index is 11.9. The molecule has 0 amide bonds. The van der Waals surface area contributed by atoms with Crippen molar-refractivity contribution in [3.8, 4) is 17.2 Å². The van der Waals surface area contributed by atoms with E-state index in [1.54, 1.807) is 26.4 Å². The number of aryl methyl sites for hydroxylation is 1. The first kappa shape index (κ1) is 12.3. The minimum Gasteiger partial charge on any atom is -0.496 e. The topological polar surface area (TPSA) is 60.6 Å². The molecule has 96 valence electrons. The third-order valence-electron chi connectivity index (χ3n) is 2.93. The van der Waals surface area contributed by atoms with E-state index in [1.807, 2.05) is 6.92 Å². The fraction of sp³-hybridized carbons (Fsp3) is 0.308. The van der Waals surface area contributed by atoms with Gasteiger partial charge in [0.05, 0.1) is 32.2 Å². The predicted octanol–water partition coefficient (Wildman–Crippen LogP) is 1.86. The second kappa shape index (κ2) is 4.60. The molecule has 2 aromatic rings. The van der Waals surface area contributed by atoms with Crippen molar-refractivity contribution in [2.45, 2.75) is 6.92 Å². The van der Waals surface area contributed by atoms with Crippen molar-refractivity contribution < 1.29 is 14.2 Å². The van der Waals surface area contributed by atoms with Crippen LogP contribution in [-0.4, -0.2) is 26.3 Å². The fourth-order valence-corrected chi connectivity index (χ4v) is 2.10. The molecule has 0 aliphatic carbocycles. The van der Waals surface area contributed by atoms with Crippen LogP contribution in [0, 0.1) is 6.92 Å². The third kappa shape index (κ3) is 1.68. The van der Waals surface area contributed by atoms with Crippen LogP contribution in [0.1, 0.15) is 5.56 Å². The highest BCUT2D eigenvalue weighted by atomic mass is 16.5. The lowest BCUT2D eigenvalue weighted by Gasteiger charge is -2.13. The molecule has 0 aliphatic rings. The Kier molecular flexibility index (Phi) is 3.14. The van der Waals surface area contributed by atoms with Crippen molar-refractivity contribution in [3.05, 3.63) is 28.0 Å². The number of H-pyrrole nitrogens is 1. The Bertz CT molecular complexity index is 645. The molecule has 0 radical (unpaired) electrons. The highest BCUT2D eigenvalue weighted by Gasteiger charge is 2.16. The molecule has 0 unspecified atom stereocenters. The van der Waals surface area contributed by atoms with E-state index < -0.39 is 0 Å². The number of hydrogen-bond acceptors (Lipinski definition) is 4. The SMILES string of the molecule is COc1c(C)c2c(OC)ccc(OC)c2[nH]c1=O. The zero-order chi connectivity index (χ0) is 13.3. The first-order chi connectivity index (χ1) is 8.63. The minimum atomic E-state index is -0.283. The van der Waals surface area contributed by atoms with Crippen molar-refractivity contribution in [2.24, 2.45) is 0 Å². The van der Waals surface area contributed by atoms with E-state index in [4.69, 9.17) is 14.2 Å². The van der Waals surface area contributed by atoms with Crippen LogP contribution in [0.25, 0.3) is 10.9 Å². The molecule has 0 spiro atoms. The molecule has 2 rings (SSSR count). The lowest BCUT2D eigenvalue weighted by Crippen LogP contribution is -2.12. The van der Waals surface area contributed by atoms with Crippen molar-refractivity contribution in [1.29, 1.82) is 0 Å². The van der Waals surface area contributed by atoms with Crippen molar-refractivity contribution in [3.63, 3.8) is 0 Å². The predicted molar refractivity (Wildman–Crippen MR) is 69.0 cm³/mol. The summed E-state index contributed by atoms with van der Waals surface area (Å²) in [5.74, 6) is 1.54. The molecule has 0 bridgehead atoms. The second-order valence-corrected chi connectivity index (χ2v) is 3.83. The molecule has 18 heavy (non-hydrogen) atoms. The summed E-state index contributed by atoms with van der Waals surface area (Å²) < 4.78 is 15.7. The minimum absolute atomic E-state index is 0.283. The van der Waals surface area contributed by atoms with Gasteiger partial charge in [-0.2, -0.15) is 0 Å². The molecular formula is C13H15NO4. The summed E-state index contributed by atoms with van der Waals surface area (Å²) in [7, 11) is 4.60. The van der Waals surface area contributed by atoms with Crippen molar-refractivity contribution in [2.75, 3.05) is 21.3 Å². The number of benzene rings is 1. The van der Waals surface area contributed by atoms with Crippen molar-refractivity contribution in [1.82, 2.24) is 4.98 Å². The third-order valence-corrected chi connectivity index (χ3v) is 2.93. The van der Waals surface area contributed by atoms with Gasteiger partial charge in [-0.1, -0.05) is 0 Å². The molecule has 5 heteroatoms. The van der Waals surface area contributed by atoms with E-state index in [1.165, 1.54) is 7.11 Å². The second-order valence-electron chi connectivity index (χ2n) is 3.83. The number of aromatic amines is 1. The Labute approximate surface area is 104 Å². The fourth-order valence-electron chi connectivity index (χ4n) is 2.10. The van der Waals surface area contributed by atoms with Gasteiger partial charge in [-0.25, -0.2) is 0 Å². The van der Waals surface area contributed by atoms with Crippen LogP contribution >= 0.6 is 0 Å². The van der Waals surface area contributed by atoms with Crippen LogP contribution in [0.15, 0.2) is 16.9 Å². The summed E-state index contributed by atoms with van der Waals surface area (Å²) in [6.45, 7) is 1.82.